The van der Waals surface area contributed by atoms with Crippen molar-refractivity contribution < 1.29 is 0 Å². The standard InChI is InChI=1S/C15H20BrN5/c1-8-4-5-14(9(8)2)21-15(18-19-20-21)12-6-11(16)7-13(17)10(12)3/h6-9,14H,4-5,17H2,1-3H3. The summed E-state index contributed by atoms with van der Waals surface area (Å²) in [6.07, 6.45) is 2.35. The lowest BCUT2D eigenvalue weighted by Gasteiger charge is -2.20. The van der Waals surface area contributed by atoms with Gasteiger partial charge >= 0.3 is 0 Å². The van der Waals surface area contributed by atoms with Crippen molar-refractivity contribution in [1.29, 1.82) is 0 Å². The van der Waals surface area contributed by atoms with Crippen LogP contribution < -0.4 is 5.73 Å². The lowest BCUT2D eigenvalue weighted by molar-refractivity contribution is 0.328. The quantitative estimate of drug-likeness (QED) is 0.840. The molecule has 0 saturated heterocycles. The van der Waals surface area contributed by atoms with Crippen LogP contribution in [0.15, 0.2) is 16.6 Å². The molecule has 1 heterocycles. The predicted molar refractivity (Wildman–Crippen MR) is 86.7 cm³/mol. The van der Waals surface area contributed by atoms with Gasteiger partial charge in [0.05, 0.1) is 6.04 Å². The molecule has 3 rings (SSSR count). The van der Waals surface area contributed by atoms with Crippen LogP contribution in [0.25, 0.3) is 11.4 Å². The molecule has 0 bridgehead atoms. The Balaban J connectivity index is 2.08. The van der Waals surface area contributed by atoms with Crippen LogP contribution in [0.1, 0.15) is 38.3 Å². The summed E-state index contributed by atoms with van der Waals surface area (Å²) in [6, 6.07) is 4.31. The number of aromatic nitrogens is 4. The van der Waals surface area contributed by atoms with Crippen molar-refractivity contribution in [3.8, 4) is 11.4 Å². The van der Waals surface area contributed by atoms with Crippen LogP contribution in [0.2, 0.25) is 0 Å². The van der Waals surface area contributed by atoms with E-state index in [4.69, 9.17) is 5.73 Å². The molecule has 1 aliphatic carbocycles. The Morgan fingerprint density at radius 2 is 2.05 bits per heavy atom. The highest BCUT2D eigenvalue weighted by Gasteiger charge is 2.33. The molecule has 2 N–H and O–H groups in total. The van der Waals surface area contributed by atoms with Gasteiger partial charge in [-0.2, -0.15) is 0 Å². The van der Waals surface area contributed by atoms with E-state index in [-0.39, 0.29) is 0 Å². The molecule has 1 saturated carbocycles. The smallest absolute Gasteiger partial charge is 0.182 e. The number of rotatable bonds is 2. The Kier molecular flexibility index (Phi) is 3.73. The molecule has 21 heavy (non-hydrogen) atoms. The van der Waals surface area contributed by atoms with Crippen molar-refractivity contribution in [2.75, 3.05) is 5.73 Å². The lowest BCUT2D eigenvalue weighted by atomic mass is 9.97. The zero-order valence-electron chi connectivity index (χ0n) is 12.5. The van der Waals surface area contributed by atoms with Gasteiger partial charge < -0.3 is 5.73 Å². The Bertz CT molecular complexity index is 666. The minimum Gasteiger partial charge on any atom is -0.398 e. The maximum atomic E-state index is 6.07. The zero-order valence-corrected chi connectivity index (χ0v) is 14.1. The molecule has 112 valence electrons. The van der Waals surface area contributed by atoms with E-state index in [0.717, 1.165) is 33.5 Å². The summed E-state index contributed by atoms with van der Waals surface area (Å²) in [6.45, 7) is 6.60. The second kappa shape index (κ2) is 5.40. The molecule has 6 heteroatoms. The summed E-state index contributed by atoms with van der Waals surface area (Å²) in [5, 5.41) is 12.4. The molecular formula is C15H20BrN5. The molecule has 5 nitrogen and oxygen atoms in total. The summed E-state index contributed by atoms with van der Waals surface area (Å²) < 4.78 is 2.94. The topological polar surface area (TPSA) is 69.6 Å². The minimum atomic E-state index is 0.365. The Morgan fingerprint density at radius 1 is 1.29 bits per heavy atom. The maximum absolute atomic E-state index is 6.07. The number of hydrogen-bond acceptors (Lipinski definition) is 4. The second-order valence-electron chi connectivity index (χ2n) is 6.10. The van der Waals surface area contributed by atoms with Crippen molar-refractivity contribution in [2.45, 2.75) is 39.7 Å². The highest BCUT2D eigenvalue weighted by atomic mass is 79.9. The molecule has 1 aliphatic rings. The van der Waals surface area contributed by atoms with Crippen LogP contribution >= 0.6 is 15.9 Å². The maximum Gasteiger partial charge on any atom is 0.182 e. The molecule has 0 aliphatic heterocycles. The monoisotopic (exact) mass is 349 g/mol. The first-order valence-corrected chi connectivity index (χ1v) is 8.12. The van der Waals surface area contributed by atoms with Crippen molar-refractivity contribution in [2.24, 2.45) is 11.8 Å². The first-order chi connectivity index (χ1) is 9.99. The number of anilines is 1. The fraction of sp³-hybridized carbons (Fsp3) is 0.533. The first-order valence-electron chi connectivity index (χ1n) is 7.33. The average molecular weight is 350 g/mol. The van der Waals surface area contributed by atoms with E-state index in [0.29, 0.717) is 17.9 Å². The summed E-state index contributed by atoms with van der Waals surface area (Å²) in [4.78, 5) is 0. The van der Waals surface area contributed by atoms with Gasteiger partial charge in [-0.3, -0.25) is 0 Å². The molecule has 1 fully saturated rings. The van der Waals surface area contributed by atoms with Gasteiger partial charge in [0.1, 0.15) is 0 Å². The van der Waals surface area contributed by atoms with E-state index in [1.54, 1.807) is 0 Å². The molecule has 0 amide bonds. The lowest BCUT2D eigenvalue weighted by Crippen LogP contribution is -2.17. The molecule has 1 aromatic carbocycles. The van der Waals surface area contributed by atoms with Gasteiger partial charge in [-0.1, -0.05) is 29.8 Å². The van der Waals surface area contributed by atoms with Crippen LogP contribution in [-0.4, -0.2) is 20.2 Å². The third-order valence-corrected chi connectivity index (χ3v) is 5.34. The normalized spacial score (nSPS) is 25.4. The van der Waals surface area contributed by atoms with Gasteiger partial charge in [-0.25, -0.2) is 4.68 Å². The average Bonchev–Trinajstić information content (AvgIpc) is 3.02. The van der Waals surface area contributed by atoms with E-state index in [9.17, 15) is 0 Å². The van der Waals surface area contributed by atoms with E-state index in [2.05, 4.69) is 45.3 Å². The van der Waals surface area contributed by atoms with Crippen molar-refractivity contribution in [1.82, 2.24) is 20.2 Å². The van der Waals surface area contributed by atoms with Crippen LogP contribution in [0.3, 0.4) is 0 Å². The van der Waals surface area contributed by atoms with E-state index in [1.165, 1.54) is 6.42 Å². The number of nitrogens with two attached hydrogens (primary N) is 1. The first kappa shape index (κ1) is 14.5. The molecule has 3 unspecified atom stereocenters. The molecule has 0 spiro atoms. The highest BCUT2D eigenvalue weighted by Crippen LogP contribution is 2.41. The number of nitrogen functional groups attached to an aromatic ring is 1. The van der Waals surface area contributed by atoms with Crippen LogP contribution in [0.5, 0.6) is 0 Å². The SMILES string of the molecule is Cc1c(N)cc(Br)cc1-c1nnnn1C1CCC(C)C1C. The van der Waals surface area contributed by atoms with E-state index >= 15 is 0 Å². The molecule has 2 aromatic rings. The van der Waals surface area contributed by atoms with E-state index in [1.807, 2.05) is 23.7 Å². The fourth-order valence-corrected chi connectivity index (χ4v) is 3.69. The summed E-state index contributed by atoms with van der Waals surface area (Å²) >= 11 is 3.50. The number of hydrogen-bond donors (Lipinski definition) is 1. The molecule has 0 radical (unpaired) electrons. The predicted octanol–water partition coefficient (Wildman–Crippen LogP) is 3.60. The van der Waals surface area contributed by atoms with Crippen LogP contribution in [0, 0.1) is 18.8 Å². The summed E-state index contributed by atoms with van der Waals surface area (Å²) in [5.74, 6) is 2.10. The van der Waals surface area contributed by atoms with Crippen LogP contribution in [0.4, 0.5) is 5.69 Å². The number of benzene rings is 1. The van der Waals surface area contributed by atoms with Crippen LogP contribution in [-0.2, 0) is 0 Å². The minimum absolute atomic E-state index is 0.365. The molecule has 3 atom stereocenters. The third-order valence-electron chi connectivity index (χ3n) is 4.88. The second-order valence-corrected chi connectivity index (χ2v) is 7.01. The number of halogens is 1. The molecule has 1 aromatic heterocycles. The van der Waals surface area contributed by atoms with Gasteiger partial charge in [-0.15, -0.1) is 5.10 Å². The van der Waals surface area contributed by atoms with E-state index < -0.39 is 0 Å². The van der Waals surface area contributed by atoms with Crippen molar-refractivity contribution in [3.05, 3.63) is 22.2 Å². The third kappa shape index (κ3) is 2.46. The Morgan fingerprint density at radius 3 is 2.71 bits per heavy atom. The summed E-state index contributed by atoms with van der Waals surface area (Å²) in [7, 11) is 0. The summed E-state index contributed by atoms with van der Waals surface area (Å²) in [5.41, 5.74) is 8.84. The number of nitrogens with zero attached hydrogens (tertiary/aromatic N) is 4. The number of tetrazole rings is 1. The largest absolute Gasteiger partial charge is 0.398 e. The Hall–Kier alpha value is -1.43. The van der Waals surface area contributed by atoms with Crippen molar-refractivity contribution in [3.63, 3.8) is 0 Å². The van der Waals surface area contributed by atoms with Gasteiger partial charge in [0.15, 0.2) is 5.82 Å². The van der Waals surface area contributed by atoms with Crippen molar-refractivity contribution >= 4 is 21.6 Å². The highest BCUT2D eigenvalue weighted by molar-refractivity contribution is 9.10. The van der Waals surface area contributed by atoms with Gasteiger partial charge in [-0.05, 0) is 59.7 Å². The fourth-order valence-electron chi connectivity index (χ4n) is 3.21. The van der Waals surface area contributed by atoms with Gasteiger partial charge in [0, 0.05) is 15.7 Å². The molecular weight excluding hydrogens is 330 g/mol. The Labute approximate surface area is 133 Å². The van der Waals surface area contributed by atoms with Gasteiger partial charge in [0.25, 0.3) is 0 Å². The zero-order chi connectivity index (χ0) is 15.1. The van der Waals surface area contributed by atoms with Gasteiger partial charge in [0.2, 0.25) is 0 Å².